The Bertz CT molecular complexity index is 882. The average molecular weight is 336 g/mol. The second-order valence-electron chi connectivity index (χ2n) is 6.16. The number of unbranched alkanes of at least 4 members (excludes halogenated alkanes) is 1. The van der Waals surface area contributed by atoms with Crippen molar-refractivity contribution in [3.8, 4) is 11.3 Å². The molecule has 2 aromatic heterocycles. The Balaban J connectivity index is 2.07. The average Bonchev–Trinajstić information content (AvgIpc) is 3.03. The zero-order valence-electron chi connectivity index (χ0n) is 14.8. The molecule has 0 radical (unpaired) electrons. The van der Waals surface area contributed by atoms with Crippen LogP contribution in [0.4, 0.5) is 5.95 Å². The standard InChI is InChI=1S/C19H24N6/c1-13(2)16-17(14-9-5-4-6-10-14)23-19(20)25-18(16)22-15(24-25)11-7-8-12-21-3/h4-6,9-10,21H,1,7-8,11-12H2,2-3H3,(H2,20,23). The predicted octanol–water partition coefficient (Wildman–Crippen LogP) is 2.95. The first-order valence-electron chi connectivity index (χ1n) is 8.53. The van der Waals surface area contributed by atoms with Gasteiger partial charge in [-0.15, -0.1) is 5.10 Å². The molecule has 3 N–H and O–H groups in total. The Morgan fingerprint density at radius 3 is 2.64 bits per heavy atom. The van der Waals surface area contributed by atoms with Crippen molar-refractivity contribution in [2.45, 2.75) is 26.2 Å². The number of hydrogen-bond donors (Lipinski definition) is 2. The summed E-state index contributed by atoms with van der Waals surface area (Å²) >= 11 is 0. The highest BCUT2D eigenvalue weighted by molar-refractivity contribution is 5.85. The highest BCUT2D eigenvalue weighted by Gasteiger charge is 2.18. The molecule has 6 heteroatoms. The van der Waals surface area contributed by atoms with E-state index < -0.39 is 0 Å². The molecular formula is C19H24N6. The molecule has 25 heavy (non-hydrogen) atoms. The highest BCUT2D eigenvalue weighted by Crippen LogP contribution is 2.30. The van der Waals surface area contributed by atoms with Gasteiger partial charge in [0.2, 0.25) is 5.95 Å². The quantitative estimate of drug-likeness (QED) is 0.648. The summed E-state index contributed by atoms with van der Waals surface area (Å²) in [5, 5.41) is 7.70. The Hall–Kier alpha value is -2.73. The van der Waals surface area contributed by atoms with Crippen molar-refractivity contribution in [3.05, 3.63) is 48.3 Å². The van der Waals surface area contributed by atoms with Crippen LogP contribution < -0.4 is 11.1 Å². The summed E-state index contributed by atoms with van der Waals surface area (Å²) in [6.45, 7) is 7.07. The van der Waals surface area contributed by atoms with Crippen molar-refractivity contribution < 1.29 is 0 Å². The predicted molar refractivity (Wildman–Crippen MR) is 102 cm³/mol. The van der Waals surface area contributed by atoms with Crippen LogP contribution in [0.3, 0.4) is 0 Å². The number of rotatable bonds is 7. The summed E-state index contributed by atoms with van der Waals surface area (Å²) in [7, 11) is 1.96. The summed E-state index contributed by atoms with van der Waals surface area (Å²) < 4.78 is 1.63. The molecule has 0 fully saturated rings. The second-order valence-corrected chi connectivity index (χ2v) is 6.16. The number of anilines is 1. The molecular weight excluding hydrogens is 312 g/mol. The fraction of sp³-hybridized carbons (Fsp3) is 0.316. The smallest absolute Gasteiger partial charge is 0.223 e. The van der Waals surface area contributed by atoms with Crippen molar-refractivity contribution in [2.75, 3.05) is 19.3 Å². The minimum Gasteiger partial charge on any atom is -0.368 e. The molecule has 0 unspecified atom stereocenters. The van der Waals surface area contributed by atoms with Crippen LogP contribution in [-0.2, 0) is 6.42 Å². The van der Waals surface area contributed by atoms with Crippen LogP contribution in [-0.4, -0.2) is 33.2 Å². The van der Waals surface area contributed by atoms with E-state index in [0.717, 1.165) is 59.7 Å². The molecule has 6 nitrogen and oxygen atoms in total. The summed E-state index contributed by atoms with van der Waals surface area (Å²) in [6, 6.07) is 9.97. The van der Waals surface area contributed by atoms with Crippen molar-refractivity contribution in [1.29, 1.82) is 0 Å². The van der Waals surface area contributed by atoms with Crippen LogP contribution in [0.2, 0.25) is 0 Å². The summed E-state index contributed by atoms with van der Waals surface area (Å²) in [6.07, 6.45) is 2.93. The van der Waals surface area contributed by atoms with Gasteiger partial charge in [-0.1, -0.05) is 36.9 Å². The second kappa shape index (κ2) is 7.44. The van der Waals surface area contributed by atoms with Gasteiger partial charge in [-0.2, -0.15) is 4.52 Å². The fourth-order valence-corrected chi connectivity index (χ4v) is 2.89. The molecule has 1 aromatic carbocycles. The van der Waals surface area contributed by atoms with Crippen LogP contribution in [0.25, 0.3) is 22.5 Å². The number of fused-ring (bicyclic) bond motifs is 1. The number of nitrogens with two attached hydrogens (primary N) is 1. The first kappa shape index (κ1) is 17.1. The van der Waals surface area contributed by atoms with E-state index in [0.29, 0.717) is 5.95 Å². The van der Waals surface area contributed by atoms with E-state index in [1.165, 1.54) is 0 Å². The molecule has 0 saturated heterocycles. The Morgan fingerprint density at radius 1 is 1.20 bits per heavy atom. The summed E-state index contributed by atoms with van der Waals surface area (Å²) in [5.74, 6) is 1.13. The van der Waals surface area contributed by atoms with E-state index in [-0.39, 0.29) is 0 Å². The maximum Gasteiger partial charge on any atom is 0.223 e. The number of aryl methyl sites for hydroxylation is 1. The first-order chi connectivity index (χ1) is 12.1. The topological polar surface area (TPSA) is 81.1 Å². The maximum atomic E-state index is 6.16. The largest absolute Gasteiger partial charge is 0.368 e. The first-order valence-corrected chi connectivity index (χ1v) is 8.53. The SMILES string of the molecule is C=C(C)c1c(-c2ccccc2)nc(N)n2nc(CCCCNC)nc12. The zero-order valence-corrected chi connectivity index (χ0v) is 14.8. The van der Waals surface area contributed by atoms with Crippen LogP contribution in [0.5, 0.6) is 0 Å². The molecule has 0 spiro atoms. The van der Waals surface area contributed by atoms with Gasteiger partial charge in [-0.25, -0.2) is 9.97 Å². The van der Waals surface area contributed by atoms with Gasteiger partial charge in [0, 0.05) is 17.5 Å². The minimum atomic E-state index is 0.341. The normalized spacial score (nSPS) is 11.1. The van der Waals surface area contributed by atoms with Crippen LogP contribution in [0, 0.1) is 0 Å². The third-order valence-corrected chi connectivity index (χ3v) is 4.11. The lowest BCUT2D eigenvalue weighted by molar-refractivity contribution is 0.662. The Labute approximate surface area is 147 Å². The molecule has 0 amide bonds. The number of benzene rings is 1. The number of nitrogen functional groups attached to an aromatic ring is 1. The van der Waals surface area contributed by atoms with Crippen molar-refractivity contribution in [3.63, 3.8) is 0 Å². The van der Waals surface area contributed by atoms with E-state index in [2.05, 4.69) is 22.0 Å². The van der Waals surface area contributed by atoms with Gasteiger partial charge in [-0.05, 0) is 38.9 Å². The summed E-state index contributed by atoms with van der Waals surface area (Å²) in [5.41, 5.74) is 10.5. The molecule has 0 aliphatic heterocycles. The van der Waals surface area contributed by atoms with Crippen molar-refractivity contribution in [1.82, 2.24) is 24.9 Å². The van der Waals surface area contributed by atoms with Gasteiger partial charge in [0.05, 0.1) is 5.69 Å². The number of allylic oxidation sites excluding steroid dienone is 1. The van der Waals surface area contributed by atoms with Crippen LogP contribution in [0.15, 0.2) is 36.9 Å². The highest BCUT2D eigenvalue weighted by atomic mass is 15.3. The lowest BCUT2D eigenvalue weighted by Crippen LogP contribution is -2.08. The third-order valence-electron chi connectivity index (χ3n) is 4.11. The lowest BCUT2D eigenvalue weighted by atomic mass is 10.0. The van der Waals surface area contributed by atoms with E-state index in [9.17, 15) is 0 Å². The van der Waals surface area contributed by atoms with E-state index in [1.54, 1.807) is 4.52 Å². The third kappa shape index (κ3) is 3.53. The number of aromatic nitrogens is 4. The molecule has 0 saturated carbocycles. The molecule has 130 valence electrons. The number of nitrogens with zero attached hydrogens (tertiary/aromatic N) is 4. The maximum absolute atomic E-state index is 6.16. The summed E-state index contributed by atoms with van der Waals surface area (Å²) in [4.78, 5) is 9.31. The van der Waals surface area contributed by atoms with Gasteiger partial charge in [0.1, 0.15) is 0 Å². The minimum absolute atomic E-state index is 0.341. The van der Waals surface area contributed by atoms with Gasteiger partial charge < -0.3 is 11.1 Å². The number of nitrogens with one attached hydrogen (secondary N) is 1. The molecule has 3 rings (SSSR count). The van der Waals surface area contributed by atoms with Crippen molar-refractivity contribution in [2.24, 2.45) is 0 Å². The van der Waals surface area contributed by atoms with Gasteiger partial charge >= 0.3 is 0 Å². The molecule has 3 aromatic rings. The monoisotopic (exact) mass is 336 g/mol. The Kier molecular flexibility index (Phi) is 5.09. The molecule has 0 atom stereocenters. The van der Waals surface area contributed by atoms with E-state index >= 15 is 0 Å². The van der Waals surface area contributed by atoms with Gasteiger partial charge in [0.15, 0.2) is 11.5 Å². The zero-order chi connectivity index (χ0) is 17.8. The van der Waals surface area contributed by atoms with Crippen molar-refractivity contribution >= 4 is 17.2 Å². The molecule has 2 heterocycles. The lowest BCUT2D eigenvalue weighted by Gasteiger charge is -2.11. The number of hydrogen-bond acceptors (Lipinski definition) is 5. The Morgan fingerprint density at radius 2 is 1.96 bits per heavy atom. The van der Waals surface area contributed by atoms with Gasteiger partial charge in [0.25, 0.3) is 0 Å². The molecule has 0 aliphatic rings. The van der Waals surface area contributed by atoms with E-state index in [1.807, 2.05) is 44.3 Å². The van der Waals surface area contributed by atoms with Crippen LogP contribution in [0.1, 0.15) is 31.2 Å². The fourth-order valence-electron chi connectivity index (χ4n) is 2.89. The molecule has 0 aliphatic carbocycles. The van der Waals surface area contributed by atoms with Gasteiger partial charge in [-0.3, -0.25) is 0 Å². The van der Waals surface area contributed by atoms with Crippen LogP contribution >= 0.6 is 0 Å². The molecule has 0 bridgehead atoms. The van der Waals surface area contributed by atoms with E-state index in [4.69, 9.17) is 10.7 Å².